The van der Waals surface area contributed by atoms with Crippen LogP contribution in [0, 0.1) is 13.8 Å². The summed E-state index contributed by atoms with van der Waals surface area (Å²) in [5.74, 6) is -1.36. The van der Waals surface area contributed by atoms with Crippen LogP contribution in [0.4, 0.5) is 5.69 Å². The molecule has 0 spiro atoms. The number of hydrogen-bond donors (Lipinski definition) is 4. The molecule has 2 aliphatic carbocycles. The number of anilines is 1. The first-order valence-corrected chi connectivity index (χ1v) is 17.2. The smallest absolute Gasteiger partial charge is 0.317 e. The minimum atomic E-state index is -0.920. The summed E-state index contributed by atoms with van der Waals surface area (Å²) < 4.78 is 0. The predicted octanol–water partition coefficient (Wildman–Crippen LogP) is 6.77. The van der Waals surface area contributed by atoms with E-state index < -0.39 is 11.9 Å². The number of nitrogens with one attached hydrogen (secondary N) is 2. The van der Waals surface area contributed by atoms with Gasteiger partial charge in [0.1, 0.15) is 11.4 Å². The normalized spacial score (nSPS) is 14.0. The molecule has 4 N–H and O–H groups in total. The number of hydrogen-bond acceptors (Lipinski definition) is 7. The Hall–Kier alpha value is -5.22. The van der Waals surface area contributed by atoms with E-state index in [1.807, 2.05) is 62.4 Å². The predicted molar refractivity (Wildman–Crippen MR) is 190 cm³/mol. The molecule has 258 valence electrons. The fourth-order valence-corrected chi connectivity index (χ4v) is 6.59. The number of Topliss-reactive ketones (excluding diaryl/α,β-unsaturated/α-hetero) is 1. The average molecular weight is 675 g/mol. The molecule has 2 saturated carbocycles. The highest BCUT2D eigenvalue weighted by Gasteiger charge is 2.29. The first-order chi connectivity index (χ1) is 24.1. The van der Waals surface area contributed by atoms with Crippen LogP contribution >= 0.6 is 0 Å². The summed E-state index contributed by atoms with van der Waals surface area (Å²) in [7, 11) is 0. The highest BCUT2D eigenvalue weighted by molar-refractivity contribution is 6.04. The summed E-state index contributed by atoms with van der Waals surface area (Å²) in [5, 5.41) is 24.0. The van der Waals surface area contributed by atoms with Gasteiger partial charge in [0.25, 0.3) is 5.91 Å². The monoisotopic (exact) mass is 674 g/mol. The molecule has 50 heavy (non-hydrogen) atoms. The Labute approximate surface area is 291 Å². The first kappa shape index (κ1) is 34.6. The third kappa shape index (κ3) is 8.31. The molecule has 0 unspecified atom stereocenters. The summed E-state index contributed by atoms with van der Waals surface area (Å²) in [6, 6.07) is 15.4. The van der Waals surface area contributed by atoms with E-state index in [0.29, 0.717) is 48.3 Å². The Morgan fingerprint density at radius 2 is 1.38 bits per heavy atom. The molecule has 2 aromatic carbocycles. The molecule has 0 saturated heterocycles. The number of amides is 1. The topological polar surface area (TPSA) is 159 Å². The van der Waals surface area contributed by atoms with Gasteiger partial charge in [0, 0.05) is 37.5 Å². The Bertz CT molecular complexity index is 1820. The molecular formula is C40H42N4O6. The number of nitrogens with zero attached hydrogens (tertiary/aromatic N) is 2. The van der Waals surface area contributed by atoms with E-state index in [4.69, 9.17) is 10.2 Å². The van der Waals surface area contributed by atoms with Crippen LogP contribution in [0.3, 0.4) is 0 Å². The van der Waals surface area contributed by atoms with Gasteiger partial charge in [-0.2, -0.15) is 0 Å². The zero-order valence-corrected chi connectivity index (χ0v) is 28.4. The van der Waals surface area contributed by atoms with E-state index in [-0.39, 0.29) is 31.1 Å². The lowest BCUT2D eigenvalue weighted by molar-refractivity contribution is -0.137. The Morgan fingerprint density at radius 3 is 2.06 bits per heavy atom. The van der Waals surface area contributed by atoms with Crippen LogP contribution in [-0.2, 0) is 29.0 Å². The molecular weight excluding hydrogens is 632 g/mol. The number of aliphatic carboxylic acids is 2. The fraction of sp³-hybridized carbons (Fsp3) is 0.350. The van der Waals surface area contributed by atoms with E-state index >= 15 is 0 Å². The molecule has 0 bridgehead atoms. The number of carboxylic acids is 2. The van der Waals surface area contributed by atoms with Crippen molar-refractivity contribution in [2.75, 3.05) is 11.9 Å². The molecule has 2 aromatic heterocycles. The third-order valence-corrected chi connectivity index (χ3v) is 9.70. The highest BCUT2D eigenvalue weighted by Crippen LogP contribution is 2.43. The van der Waals surface area contributed by atoms with Crippen molar-refractivity contribution in [2.24, 2.45) is 0 Å². The summed E-state index contributed by atoms with van der Waals surface area (Å²) >= 11 is 0. The van der Waals surface area contributed by atoms with Crippen molar-refractivity contribution in [3.8, 4) is 11.1 Å². The van der Waals surface area contributed by atoms with Gasteiger partial charge in [-0.1, -0.05) is 30.3 Å². The number of carboxylic acid groups (broad SMARTS) is 2. The van der Waals surface area contributed by atoms with E-state index in [1.165, 1.54) is 0 Å². The lowest BCUT2D eigenvalue weighted by Gasteiger charge is -2.17. The minimum absolute atomic E-state index is 0.0825. The maximum Gasteiger partial charge on any atom is 0.317 e. The molecule has 10 nitrogen and oxygen atoms in total. The van der Waals surface area contributed by atoms with Gasteiger partial charge in [-0.05, 0) is 132 Å². The maximum absolute atomic E-state index is 13.5. The lowest BCUT2D eigenvalue weighted by atomic mass is 9.90. The quantitative estimate of drug-likeness (QED) is 0.0941. The van der Waals surface area contributed by atoms with Crippen molar-refractivity contribution in [3.63, 3.8) is 0 Å². The number of carbonyl (C=O) groups excluding carboxylic acids is 2. The summed E-state index contributed by atoms with van der Waals surface area (Å²) in [6.07, 6.45) is 9.06. The second-order valence-electron chi connectivity index (χ2n) is 13.5. The van der Waals surface area contributed by atoms with Gasteiger partial charge in [0.2, 0.25) is 0 Å². The van der Waals surface area contributed by atoms with E-state index in [2.05, 4.69) is 20.6 Å². The van der Waals surface area contributed by atoms with Crippen LogP contribution in [0.1, 0.15) is 110 Å². The SMILES string of the molecule is Cc1c(CC(=O)c2cc(C3CC3)c(CNCC(=O)O)cn2)cccc1-c1cccc(NC(=O)c2cc(C3CC3)c(CCCC(=O)O)cn2)c1C. The van der Waals surface area contributed by atoms with Gasteiger partial charge >= 0.3 is 11.9 Å². The molecule has 2 heterocycles. The van der Waals surface area contributed by atoms with Gasteiger partial charge in [0.05, 0.1) is 6.54 Å². The number of aromatic nitrogens is 2. The molecule has 6 rings (SSSR count). The van der Waals surface area contributed by atoms with Crippen LogP contribution < -0.4 is 10.6 Å². The molecule has 0 radical (unpaired) electrons. The molecule has 0 atom stereocenters. The van der Waals surface area contributed by atoms with Crippen molar-refractivity contribution in [3.05, 3.63) is 111 Å². The summed E-state index contributed by atoms with van der Waals surface area (Å²) in [5.41, 5.74) is 10.2. The highest BCUT2D eigenvalue weighted by atomic mass is 16.4. The molecule has 4 aromatic rings. The minimum Gasteiger partial charge on any atom is -0.481 e. The van der Waals surface area contributed by atoms with Crippen molar-refractivity contribution in [1.82, 2.24) is 15.3 Å². The fourth-order valence-electron chi connectivity index (χ4n) is 6.59. The van der Waals surface area contributed by atoms with Crippen LogP contribution in [0.15, 0.2) is 60.9 Å². The van der Waals surface area contributed by atoms with Crippen molar-refractivity contribution < 1.29 is 29.4 Å². The lowest BCUT2D eigenvalue weighted by Crippen LogP contribution is -2.22. The second-order valence-corrected chi connectivity index (χ2v) is 13.5. The van der Waals surface area contributed by atoms with Gasteiger partial charge < -0.3 is 20.8 Å². The Kier molecular flexibility index (Phi) is 10.5. The van der Waals surface area contributed by atoms with E-state index in [1.54, 1.807) is 12.4 Å². The number of ketones is 1. The van der Waals surface area contributed by atoms with Crippen molar-refractivity contribution in [1.29, 1.82) is 0 Å². The largest absolute Gasteiger partial charge is 0.481 e. The van der Waals surface area contributed by atoms with Crippen LogP contribution in [0.2, 0.25) is 0 Å². The zero-order chi connectivity index (χ0) is 35.4. The molecule has 0 aliphatic heterocycles. The molecule has 10 heteroatoms. The summed E-state index contributed by atoms with van der Waals surface area (Å²) in [4.78, 5) is 57.8. The van der Waals surface area contributed by atoms with Crippen LogP contribution in [0.5, 0.6) is 0 Å². The molecule has 2 fully saturated rings. The van der Waals surface area contributed by atoms with E-state index in [0.717, 1.165) is 75.8 Å². The standard InChI is InChI=1S/C40H42N4O6/c1-23-27(16-37(45)35-17-33(26-14-15-26)29(21-42-35)19-41-22-39(48)49)6-3-8-30(23)31-9-5-10-34(24(31)2)44-40(50)36-18-32(25-12-13-25)28(20-43-36)7-4-11-38(46)47/h3,5-6,8-10,17-18,20-21,25-26,41H,4,7,11-16,19,22H2,1-2H3,(H,44,50)(H,46,47)(H,48,49). The Balaban J connectivity index is 1.18. The number of aryl methyl sites for hydroxylation is 1. The van der Waals surface area contributed by atoms with Crippen molar-refractivity contribution >= 4 is 29.3 Å². The second kappa shape index (κ2) is 15.1. The van der Waals surface area contributed by atoms with Gasteiger partial charge in [0.15, 0.2) is 5.78 Å². The third-order valence-electron chi connectivity index (χ3n) is 9.70. The summed E-state index contributed by atoms with van der Waals surface area (Å²) in [6.45, 7) is 4.22. The van der Waals surface area contributed by atoms with Crippen LogP contribution in [0.25, 0.3) is 11.1 Å². The van der Waals surface area contributed by atoms with Gasteiger partial charge in [-0.15, -0.1) is 0 Å². The maximum atomic E-state index is 13.5. The molecule has 1 amide bonds. The number of pyridine rings is 2. The zero-order valence-electron chi connectivity index (χ0n) is 28.4. The Morgan fingerprint density at radius 1 is 0.760 bits per heavy atom. The van der Waals surface area contributed by atoms with Gasteiger partial charge in [-0.25, -0.2) is 0 Å². The number of carbonyl (C=O) groups is 4. The number of benzene rings is 2. The average Bonchev–Trinajstić information content (AvgIpc) is 4.01. The van der Waals surface area contributed by atoms with Crippen molar-refractivity contribution in [2.45, 2.75) is 83.6 Å². The van der Waals surface area contributed by atoms with E-state index in [9.17, 15) is 19.2 Å². The van der Waals surface area contributed by atoms with Gasteiger partial charge in [-0.3, -0.25) is 29.1 Å². The first-order valence-electron chi connectivity index (χ1n) is 17.2. The molecule has 2 aliphatic rings. The number of rotatable bonds is 16. The van der Waals surface area contributed by atoms with Crippen LogP contribution in [-0.4, -0.2) is 50.4 Å².